The van der Waals surface area contributed by atoms with Crippen molar-refractivity contribution in [2.24, 2.45) is 0 Å². The zero-order chi connectivity index (χ0) is 15.4. The van der Waals surface area contributed by atoms with Crippen LogP contribution in [0.1, 0.15) is 33.6 Å². The number of carbonyl (C=O) groups is 1. The van der Waals surface area contributed by atoms with Gasteiger partial charge in [-0.05, 0) is 27.2 Å². The molecule has 0 N–H and O–H groups in total. The highest BCUT2D eigenvalue weighted by molar-refractivity contribution is 7.89. The minimum Gasteiger partial charge on any atom is -0.469 e. The van der Waals surface area contributed by atoms with E-state index in [4.69, 9.17) is 0 Å². The first-order valence-corrected chi connectivity index (χ1v) is 8.57. The van der Waals surface area contributed by atoms with Gasteiger partial charge in [-0.25, -0.2) is 8.42 Å². The number of carbonyl (C=O) groups excluding carboxylic acids is 1. The molecule has 1 aliphatic rings. The maximum Gasteiger partial charge on any atom is 0.305 e. The van der Waals surface area contributed by atoms with Crippen LogP contribution in [0.2, 0.25) is 0 Å². The Kier molecular flexibility index (Phi) is 5.97. The Balaban J connectivity index is 2.45. The molecule has 0 spiro atoms. The summed E-state index contributed by atoms with van der Waals surface area (Å²) in [5.41, 5.74) is 0.0702. The van der Waals surface area contributed by atoms with Crippen LogP contribution >= 0.6 is 0 Å². The molecule has 1 saturated heterocycles. The van der Waals surface area contributed by atoms with Gasteiger partial charge in [-0.1, -0.05) is 0 Å². The summed E-state index contributed by atoms with van der Waals surface area (Å²) in [5.74, 6) is -0.352. The number of piperazine rings is 1. The molecule has 0 saturated carbocycles. The maximum atomic E-state index is 12.2. The summed E-state index contributed by atoms with van der Waals surface area (Å²) < 4.78 is 30.4. The number of hydrogen-bond acceptors (Lipinski definition) is 5. The standard InChI is InChI=1S/C13H26N2O4S/c1-13(2,3)14-7-9-15(10-8-14)20(17,18)11-5-6-12(16)19-4/h5-11H2,1-4H3. The first kappa shape index (κ1) is 17.4. The number of sulfonamides is 1. The minimum absolute atomic E-state index is 0.0115. The number of ether oxygens (including phenoxy) is 1. The fourth-order valence-electron chi connectivity index (χ4n) is 2.27. The van der Waals surface area contributed by atoms with E-state index in [9.17, 15) is 13.2 Å². The van der Waals surface area contributed by atoms with E-state index in [1.165, 1.54) is 11.4 Å². The molecule has 0 bridgehead atoms. The van der Waals surface area contributed by atoms with Crippen LogP contribution in [0.4, 0.5) is 0 Å². The van der Waals surface area contributed by atoms with Crippen molar-refractivity contribution in [1.29, 1.82) is 0 Å². The van der Waals surface area contributed by atoms with Crippen molar-refractivity contribution in [3.63, 3.8) is 0 Å². The topological polar surface area (TPSA) is 66.9 Å². The summed E-state index contributed by atoms with van der Waals surface area (Å²) >= 11 is 0. The van der Waals surface area contributed by atoms with Gasteiger partial charge in [0.1, 0.15) is 0 Å². The van der Waals surface area contributed by atoms with Crippen LogP contribution in [0.25, 0.3) is 0 Å². The Morgan fingerprint density at radius 1 is 1.15 bits per heavy atom. The lowest BCUT2D eigenvalue weighted by Crippen LogP contribution is -2.54. The summed E-state index contributed by atoms with van der Waals surface area (Å²) in [4.78, 5) is 13.3. The average molecular weight is 306 g/mol. The molecule has 1 rings (SSSR count). The highest BCUT2D eigenvalue weighted by Gasteiger charge is 2.30. The molecule has 6 nitrogen and oxygen atoms in total. The lowest BCUT2D eigenvalue weighted by Gasteiger charge is -2.41. The fourth-order valence-corrected chi connectivity index (χ4v) is 3.75. The van der Waals surface area contributed by atoms with Crippen molar-refractivity contribution >= 4 is 16.0 Å². The average Bonchev–Trinajstić information content (AvgIpc) is 2.37. The summed E-state index contributed by atoms with van der Waals surface area (Å²) in [6, 6.07) is 0. The first-order chi connectivity index (χ1) is 9.16. The number of esters is 1. The highest BCUT2D eigenvalue weighted by atomic mass is 32.2. The number of methoxy groups -OCH3 is 1. The molecule has 0 aromatic carbocycles. The van der Waals surface area contributed by atoms with Gasteiger partial charge >= 0.3 is 5.97 Å². The van der Waals surface area contributed by atoms with E-state index in [-0.39, 0.29) is 23.7 Å². The van der Waals surface area contributed by atoms with Gasteiger partial charge in [-0.2, -0.15) is 4.31 Å². The molecule has 0 atom stereocenters. The van der Waals surface area contributed by atoms with Gasteiger partial charge in [-0.15, -0.1) is 0 Å². The fraction of sp³-hybridized carbons (Fsp3) is 0.923. The van der Waals surface area contributed by atoms with Crippen LogP contribution in [0.15, 0.2) is 0 Å². The molecule has 7 heteroatoms. The van der Waals surface area contributed by atoms with Crippen molar-refractivity contribution in [1.82, 2.24) is 9.21 Å². The Morgan fingerprint density at radius 2 is 1.70 bits per heavy atom. The second kappa shape index (κ2) is 6.87. The Hall–Kier alpha value is -0.660. The molecular weight excluding hydrogens is 280 g/mol. The van der Waals surface area contributed by atoms with Gasteiger partial charge in [0.2, 0.25) is 10.0 Å². The molecule has 0 amide bonds. The minimum atomic E-state index is -3.26. The third kappa shape index (κ3) is 5.03. The van der Waals surface area contributed by atoms with Gasteiger partial charge in [0.05, 0.1) is 12.9 Å². The molecule has 0 radical (unpaired) electrons. The number of rotatable bonds is 5. The normalized spacial score (nSPS) is 19.0. The van der Waals surface area contributed by atoms with Crippen LogP contribution in [-0.4, -0.2) is 68.2 Å². The van der Waals surface area contributed by atoms with Crippen molar-refractivity contribution < 1.29 is 17.9 Å². The third-order valence-corrected chi connectivity index (χ3v) is 5.55. The summed E-state index contributed by atoms with van der Waals surface area (Å²) in [5, 5.41) is 0. The van der Waals surface area contributed by atoms with E-state index >= 15 is 0 Å². The Bertz CT molecular complexity index is 420. The zero-order valence-corrected chi connectivity index (χ0v) is 13.7. The second-order valence-electron chi connectivity index (χ2n) is 6.05. The SMILES string of the molecule is COC(=O)CCCS(=O)(=O)N1CCN(C(C)(C)C)CC1. The van der Waals surface area contributed by atoms with E-state index in [0.717, 1.165) is 13.1 Å². The number of hydrogen-bond donors (Lipinski definition) is 0. The molecule has 1 heterocycles. The first-order valence-electron chi connectivity index (χ1n) is 6.96. The number of nitrogens with zero attached hydrogens (tertiary/aromatic N) is 2. The molecule has 0 unspecified atom stereocenters. The van der Waals surface area contributed by atoms with E-state index in [1.807, 2.05) is 0 Å². The van der Waals surface area contributed by atoms with Gasteiger partial charge in [0.25, 0.3) is 0 Å². The summed E-state index contributed by atoms with van der Waals surface area (Å²) in [6.07, 6.45) is 0.464. The van der Waals surface area contributed by atoms with E-state index in [1.54, 1.807) is 0 Å². The lowest BCUT2D eigenvalue weighted by molar-refractivity contribution is -0.140. The van der Waals surface area contributed by atoms with Gasteiger partial charge in [0.15, 0.2) is 0 Å². The quantitative estimate of drug-likeness (QED) is 0.699. The monoisotopic (exact) mass is 306 g/mol. The highest BCUT2D eigenvalue weighted by Crippen LogP contribution is 2.18. The van der Waals surface area contributed by atoms with Crippen LogP contribution < -0.4 is 0 Å². The van der Waals surface area contributed by atoms with Crippen molar-refractivity contribution in [3.8, 4) is 0 Å². The predicted octanol–water partition coefficient (Wildman–Crippen LogP) is 0.686. The summed E-state index contributed by atoms with van der Waals surface area (Å²) in [6.45, 7) is 8.95. The maximum absolute atomic E-state index is 12.2. The molecule has 0 aliphatic carbocycles. The molecule has 20 heavy (non-hydrogen) atoms. The van der Waals surface area contributed by atoms with Crippen molar-refractivity contribution in [2.45, 2.75) is 39.2 Å². The molecule has 1 aliphatic heterocycles. The summed E-state index contributed by atoms with van der Waals surface area (Å²) in [7, 11) is -1.95. The molecule has 0 aromatic rings. The van der Waals surface area contributed by atoms with Crippen LogP contribution in [0.3, 0.4) is 0 Å². The molecular formula is C13H26N2O4S. The van der Waals surface area contributed by atoms with Gasteiger partial charge in [-0.3, -0.25) is 9.69 Å². The van der Waals surface area contributed by atoms with Crippen LogP contribution in [0.5, 0.6) is 0 Å². The van der Waals surface area contributed by atoms with E-state index in [0.29, 0.717) is 19.5 Å². The molecule has 118 valence electrons. The van der Waals surface area contributed by atoms with E-state index in [2.05, 4.69) is 30.4 Å². The Morgan fingerprint density at radius 3 is 2.15 bits per heavy atom. The largest absolute Gasteiger partial charge is 0.469 e. The molecule has 1 fully saturated rings. The van der Waals surface area contributed by atoms with E-state index < -0.39 is 10.0 Å². The smallest absolute Gasteiger partial charge is 0.305 e. The van der Waals surface area contributed by atoms with Gasteiger partial charge < -0.3 is 4.74 Å². The molecule has 0 aromatic heterocycles. The third-order valence-electron chi connectivity index (χ3n) is 3.59. The van der Waals surface area contributed by atoms with Crippen LogP contribution in [0, 0.1) is 0 Å². The Labute approximate surface area is 122 Å². The van der Waals surface area contributed by atoms with Crippen molar-refractivity contribution in [3.05, 3.63) is 0 Å². The van der Waals surface area contributed by atoms with Crippen LogP contribution in [-0.2, 0) is 19.6 Å². The van der Waals surface area contributed by atoms with Crippen molar-refractivity contribution in [2.75, 3.05) is 39.0 Å². The van der Waals surface area contributed by atoms with Gasteiger partial charge in [0, 0.05) is 38.1 Å². The second-order valence-corrected chi connectivity index (χ2v) is 8.14. The lowest BCUT2D eigenvalue weighted by atomic mass is 10.1. The predicted molar refractivity (Wildman–Crippen MR) is 77.9 cm³/mol. The zero-order valence-electron chi connectivity index (χ0n) is 12.9.